The van der Waals surface area contributed by atoms with E-state index < -0.39 is 0 Å². The molecule has 1 radical (unpaired) electrons. The Hall–Kier alpha value is -1.58. The number of aromatic nitrogens is 1. The molecule has 3 aromatic rings. The molecular weight excluding hydrogens is 587 g/mol. The van der Waals surface area contributed by atoms with Crippen LogP contribution in [0.5, 0.6) is 0 Å². The predicted molar refractivity (Wildman–Crippen MR) is 131 cm³/mol. The third kappa shape index (κ3) is 6.51. The Morgan fingerprint density at radius 2 is 1.48 bits per heavy atom. The van der Waals surface area contributed by atoms with E-state index in [9.17, 15) is 10.2 Å². The van der Waals surface area contributed by atoms with Crippen molar-refractivity contribution in [3.63, 3.8) is 0 Å². The van der Waals surface area contributed by atoms with Crippen LogP contribution in [0.1, 0.15) is 62.5 Å². The van der Waals surface area contributed by atoms with Gasteiger partial charge in [-0.15, -0.1) is 34.9 Å². The van der Waals surface area contributed by atoms with E-state index in [1.165, 1.54) is 42.0 Å². The summed E-state index contributed by atoms with van der Waals surface area (Å²) in [5, 5.41) is 22.4. The van der Waals surface area contributed by atoms with Crippen molar-refractivity contribution in [2.24, 2.45) is 11.8 Å². The molecule has 0 bridgehead atoms. The van der Waals surface area contributed by atoms with Crippen LogP contribution in [0.2, 0.25) is 0 Å². The van der Waals surface area contributed by atoms with Crippen molar-refractivity contribution in [1.82, 2.24) is 4.98 Å². The molecule has 2 atom stereocenters. The molecule has 2 aromatic carbocycles. The summed E-state index contributed by atoms with van der Waals surface area (Å²) in [4.78, 5) is 4.53. The quantitative estimate of drug-likeness (QED) is 0.309. The van der Waals surface area contributed by atoms with Gasteiger partial charge in [-0.1, -0.05) is 63.8 Å². The van der Waals surface area contributed by atoms with Gasteiger partial charge < -0.3 is 15.2 Å². The summed E-state index contributed by atoms with van der Waals surface area (Å²) >= 11 is 0. The first-order valence-electron chi connectivity index (χ1n) is 12.2. The first-order chi connectivity index (χ1) is 15.5. The zero-order valence-electron chi connectivity index (χ0n) is 19.8. The van der Waals surface area contributed by atoms with E-state index in [1.54, 1.807) is 0 Å². The SMILES string of the molecule is Cc1[c-]c(-c2nccc3ccccc23)cc(C)c1.OC1CCCCC2CCCCC(O)C12.[Ir]. The Kier molecular flexibility index (Phi) is 9.64. The van der Waals surface area contributed by atoms with Gasteiger partial charge in [0.15, 0.2) is 0 Å². The number of hydrogen-bond donors (Lipinski definition) is 2. The summed E-state index contributed by atoms with van der Waals surface area (Å²) in [5.41, 5.74) is 4.49. The van der Waals surface area contributed by atoms with Crippen molar-refractivity contribution in [2.75, 3.05) is 0 Å². The van der Waals surface area contributed by atoms with Crippen LogP contribution in [0.25, 0.3) is 22.0 Å². The van der Waals surface area contributed by atoms with Gasteiger partial charge in [-0.2, -0.15) is 0 Å². The zero-order chi connectivity index (χ0) is 22.5. The van der Waals surface area contributed by atoms with Crippen molar-refractivity contribution in [3.8, 4) is 11.3 Å². The number of hydrogen-bond acceptors (Lipinski definition) is 3. The second kappa shape index (κ2) is 12.2. The van der Waals surface area contributed by atoms with E-state index in [0.717, 1.165) is 42.5 Å². The van der Waals surface area contributed by atoms with Crippen LogP contribution in [0.4, 0.5) is 0 Å². The molecule has 5 rings (SSSR count). The van der Waals surface area contributed by atoms with Crippen molar-refractivity contribution in [2.45, 2.75) is 77.4 Å². The fourth-order valence-corrected chi connectivity index (χ4v) is 5.68. The van der Waals surface area contributed by atoms with Gasteiger partial charge in [-0.25, -0.2) is 0 Å². The van der Waals surface area contributed by atoms with Crippen LogP contribution in [0, 0.1) is 31.7 Å². The van der Waals surface area contributed by atoms with E-state index in [2.05, 4.69) is 61.3 Å². The van der Waals surface area contributed by atoms with E-state index in [4.69, 9.17) is 0 Å². The molecule has 0 aliphatic heterocycles. The topological polar surface area (TPSA) is 53.4 Å². The van der Waals surface area contributed by atoms with Gasteiger partial charge in [0.05, 0.1) is 12.2 Å². The van der Waals surface area contributed by atoms with Gasteiger partial charge in [-0.05, 0) is 54.1 Å². The van der Waals surface area contributed by atoms with Gasteiger partial charge in [0, 0.05) is 32.2 Å². The maximum Gasteiger partial charge on any atom is 0.0595 e. The predicted octanol–water partition coefficient (Wildman–Crippen LogP) is 6.40. The van der Waals surface area contributed by atoms with Crippen molar-refractivity contribution in [1.29, 1.82) is 0 Å². The first-order valence-corrected chi connectivity index (χ1v) is 12.2. The van der Waals surface area contributed by atoms with Gasteiger partial charge in [0.25, 0.3) is 0 Å². The molecule has 0 saturated heterocycles. The average molecular weight is 623 g/mol. The smallest absolute Gasteiger partial charge is 0.0595 e. The molecule has 2 aliphatic rings. The number of benzene rings is 2. The number of fused-ring (bicyclic) bond motifs is 2. The molecule has 1 heterocycles. The minimum absolute atomic E-state index is 0. The number of rotatable bonds is 1. The molecule has 2 aliphatic carbocycles. The Morgan fingerprint density at radius 3 is 2.15 bits per heavy atom. The first kappa shape index (κ1) is 26.0. The molecule has 33 heavy (non-hydrogen) atoms. The summed E-state index contributed by atoms with van der Waals surface area (Å²) < 4.78 is 0. The third-order valence-corrected chi connectivity index (χ3v) is 7.16. The molecular formula is C29H36IrNO2-. The molecule has 2 saturated carbocycles. The maximum atomic E-state index is 10.0. The normalized spacial score (nSPS) is 25.0. The van der Waals surface area contributed by atoms with E-state index >= 15 is 0 Å². The molecule has 4 heteroatoms. The maximum absolute atomic E-state index is 10.0. The van der Waals surface area contributed by atoms with Gasteiger partial charge in [-0.3, -0.25) is 0 Å². The molecule has 179 valence electrons. The van der Waals surface area contributed by atoms with Crippen LogP contribution in [-0.2, 0) is 20.1 Å². The Bertz CT molecular complexity index is 994. The molecule has 3 nitrogen and oxygen atoms in total. The summed E-state index contributed by atoms with van der Waals surface area (Å²) in [6.07, 6.45) is 10.4. The summed E-state index contributed by atoms with van der Waals surface area (Å²) in [7, 11) is 0. The molecule has 2 N–H and O–H groups in total. The van der Waals surface area contributed by atoms with E-state index in [1.807, 2.05) is 12.3 Å². The Balaban J connectivity index is 0.000000186. The third-order valence-electron chi connectivity index (χ3n) is 7.16. The largest absolute Gasteiger partial charge is 0.393 e. The molecule has 0 amide bonds. The summed E-state index contributed by atoms with van der Waals surface area (Å²) in [5.74, 6) is 0.769. The molecule has 2 fully saturated rings. The average Bonchev–Trinajstić information content (AvgIpc) is 3.08. The zero-order valence-corrected chi connectivity index (χ0v) is 22.2. The standard InChI is InChI=1S/C17H14N.C12H22O2.Ir/c1-12-9-13(2)11-15(10-12)17-16-6-4-3-5-14(16)7-8-18-17;13-10-7-3-1-5-9-6-2-4-8-11(14)12(9)10;/h3-10H,1-2H3;9-14H,1-8H2;/q-1;;. The minimum Gasteiger partial charge on any atom is -0.393 e. The number of aliphatic hydroxyl groups is 2. The van der Waals surface area contributed by atoms with Crippen LogP contribution >= 0.6 is 0 Å². The van der Waals surface area contributed by atoms with Crippen LogP contribution in [0.3, 0.4) is 0 Å². The van der Waals surface area contributed by atoms with Crippen molar-refractivity contribution < 1.29 is 30.3 Å². The second-order valence-corrected chi connectivity index (χ2v) is 9.68. The summed E-state index contributed by atoms with van der Waals surface area (Å²) in [6.45, 7) is 4.18. The molecule has 0 spiro atoms. The van der Waals surface area contributed by atoms with Gasteiger partial charge >= 0.3 is 0 Å². The van der Waals surface area contributed by atoms with Gasteiger partial charge in [0.2, 0.25) is 0 Å². The van der Waals surface area contributed by atoms with Crippen molar-refractivity contribution >= 4 is 10.8 Å². The Morgan fingerprint density at radius 1 is 0.848 bits per heavy atom. The fraction of sp³-hybridized carbons (Fsp3) is 0.483. The minimum atomic E-state index is -0.240. The number of nitrogens with zero attached hydrogens (tertiary/aromatic N) is 1. The van der Waals surface area contributed by atoms with Crippen molar-refractivity contribution in [3.05, 3.63) is 65.9 Å². The van der Waals surface area contributed by atoms with Gasteiger partial charge in [0.1, 0.15) is 0 Å². The monoisotopic (exact) mass is 623 g/mol. The number of aliphatic hydroxyl groups excluding tert-OH is 2. The second-order valence-electron chi connectivity index (χ2n) is 9.68. The molecule has 1 aromatic heterocycles. The van der Waals surface area contributed by atoms with Crippen LogP contribution < -0.4 is 0 Å². The summed E-state index contributed by atoms with van der Waals surface area (Å²) in [6, 6.07) is 18.0. The number of aryl methyl sites for hydroxylation is 2. The Labute approximate surface area is 212 Å². The van der Waals surface area contributed by atoms with Crippen LogP contribution in [0.15, 0.2) is 48.7 Å². The van der Waals surface area contributed by atoms with E-state index in [-0.39, 0.29) is 38.2 Å². The van der Waals surface area contributed by atoms with Crippen LogP contribution in [-0.4, -0.2) is 27.4 Å². The molecule has 2 unspecified atom stereocenters. The van der Waals surface area contributed by atoms with E-state index in [0.29, 0.717) is 5.92 Å². The number of pyridine rings is 1. The fourth-order valence-electron chi connectivity index (χ4n) is 5.68.